The van der Waals surface area contributed by atoms with Crippen molar-refractivity contribution < 1.29 is 14.7 Å². The molecule has 1 amide bonds. The molecule has 0 saturated heterocycles. The summed E-state index contributed by atoms with van der Waals surface area (Å²) in [6, 6.07) is 10.4. The predicted molar refractivity (Wildman–Crippen MR) is 120 cm³/mol. The molecule has 0 radical (unpaired) electrons. The Kier molecular flexibility index (Phi) is 5.20. The van der Waals surface area contributed by atoms with E-state index in [0.29, 0.717) is 17.0 Å². The summed E-state index contributed by atoms with van der Waals surface area (Å²) in [6.45, 7) is 5.83. The van der Waals surface area contributed by atoms with Crippen molar-refractivity contribution >= 4 is 41.0 Å². The van der Waals surface area contributed by atoms with E-state index in [1.54, 1.807) is 29.9 Å². The maximum Gasteiger partial charge on any atom is 0.337 e. The van der Waals surface area contributed by atoms with Gasteiger partial charge in [-0.15, -0.1) is 0 Å². The number of anilines is 1. The number of carboxylic acids is 1. The van der Waals surface area contributed by atoms with Gasteiger partial charge >= 0.3 is 5.97 Å². The first-order valence-electron chi connectivity index (χ1n) is 9.51. The molecular formula is C23H19ClN4O3. The fraction of sp³-hybridized carbons (Fsp3) is 0.130. The van der Waals surface area contributed by atoms with Gasteiger partial charge in [0, 0.05) is 11.8 Å². The second-order valence-electron chi connectivity index (χ2n) is 7.32. The SMILES string of the molecule is CC1=NN(c2ccc(Cl)c(C(=O)O)c2)C(=O)/C1=C\c1cnn(-c2ccc(C)c(C)c2)c1. The first-order chi connectivity index (χ1) is 14.7. The van der Waals surface area contributed by atoms with Crippen LogP contribution in [0.2, 0.25) is 5.02 Å². The number of benzene rings is 2. The van der Waals surface area contributed by atoms with Gasteiger partial charge in [0.1, 0.15) is 0 Å². The van der Waals surface area contributed by atoms with E-state index in [2.05, 4.69) is 23.2 Å². The molecule has 3 aromatic rings. The van der Waals surface area contributed by atoms with E-state index >= 15 is 0 Å². The number of aryl methyl sites for hydroxylation is 2. The first kappa shape index (κ1) is 20.6. The Bertz CT molecular complexity index is 1290. The lowest BCUT2D eigenvalue weighted by Gasteiger charge is -2.12. The molecule has 156 valence electrons. The highest BCUT2D eigenvalue weighted by Crippen LogP contribution is 2.28. The summed E-state index contributed by atoms with van der Waals surface area (Å²) < 4.78 is 1.75. The third-order valence-electron chi connectivity index (χ3n) is 5.16. The Labute approximate surface area is 183 Å². The summed E-state index contributed by atoms with van der Waals surface area (Å²) in [7, 11) is 0. The average molecular weight is 435 g/mol. The summed E-state index contributed by atoms with van der Waals surface area (Å²) >= 11 is 5.93. The molecule has 2 heterocycles. The van der Waals surface area contributed by atoms with Crippen molar-refractivity contribution in [2.45, 2.75) is 20.8 Å². The number of halogens is 1. The van der Waals surface area contributed by atoms with E-state index in [1.165, 1.54) is 28.3 Å². The van der Waals surface area contributed by atoms with Crippen LogP contribution >= 0.6 is 11.6 Å². The zero-order valence-corrected chi connectivity index (χ0v) is 17.9. The van der Waals surface area contributed by atoms with Crippen molar-refractivity contribution in [3.63, 3.8) is 0 Å². The highest BCUT2D eigenvalue weighted by Gasteiger charge is 2.29. The topological polar surface area (TPSA) is 87.8 Å². The fourth-order valence-electron chi connectivity index (χ4n) is 3.26. The lowest BCUT2D eigenvalue weighted by Crippen LogP contribution is -2.21. The van der Waals surface area contributed by atoms with E-state index in [1.807, 2.05) is 25.3 Å². The van der Waals surface area contributed by atoms with Gasteiger partial charge in [-0.1, -0.05) is 17.7 Å². The summed E-state index contributed by atoms with van der Waals surface area (Å²) in [6.07, 6.45) is 5.24. The molecule has 0 aliphatic carbocycles. The maximum atomic E-state index is 13.0. The van der Waals surface area contributed by atoms with E-state index < -0.39 is 5.97 Å². The van der Waals surface area contributed by atoms with Gasteiger partial charge in [-0.25, -0.2) is 9.48 Å². The van der Waals surface area contributed by atoms with Gasteiger partial charge in [0.25, 0.3) is 5.91 Å². The molecule has 0 bridgehead atoms. The van der Waals surface area contributed by atoms with Crippen LogP contribution in [0.1, 0.15) is 34.0 Å². The van der Waals surface area contributed by atoms with Crippen molar-refractivity contribution in [3.05, 3.63) is 81.6 Å². The monoisotopic (exact) mass is 434 g/mol. The van der Waals surface area contributed by atoms with Gasteiger partial charge in [0.15, 0.2) is 0 Å². The second-order valence-corrected chi connectivity index (χ2v) is 7.72. The Balaban J connectivity index is 1.63. The van der Waals surface area contributed by atoms with Gasteiger partial charge in [0.2, 0.25) is 0 Å². The van der Waals surface area contributed by atoms with Gasteiger partial charge < -0.3 is 5.11 Å². The van der Waals surface area contributed by atoms with E-state index in [4.69, 9.17) is 11.6 Å². The highest BCUT2D eigenvalue weighted by molar-refractivity contribution is 6.34. The molecule has 2 aromatic carbocycles. The standard InChI is InChI=1S/C23H19ClN4O3/c1-13-4-5-17(8-14(13)2)27-12-16(11-25-27)9-19-15(3)26-28(22(19)29)18-6-7-21(24)20(10-18)23(30)31/h4-12H,1-3H3,(H,30,31)/b19-9-. The number of carbonyl (C=O) groups is 2. The molecule has 1 N–H and O–H groups in total. The summed E-state index contributed by atoms with van der Waals surface area (Å²) in [5.41, 5.74) is 5.23. The summed E-state index contributed by atoms with van der Waals surface area (Å²) in [5.74, 6) is -1.52. The van der Waals surface area contributed by atoms with Crippen molar-refractivity contribution in [1.29, 1.82) is 0 Å². The Morgan fingerprint density at radius 2 is 1.81 bits per heavy atom. The van der Waals surface area contributed by atoms with Crippen molar-refractivity contribution in [2.75, 3.05) is 5.01 Å². The third kappa shape index (κ3) is 3.87. The van der Waals surface area contributed by atoms with Gasteiger partial charge in [0.05, 0.1) is 39.4 Å². The van der Waals surface area contributed by atoms with Crippen LogP contribution in [0.3, 0.4) is 0 Å². The smallest absolute Gasteiger partial charge is 0.337 e. The summed E-state index contributed by atoms with van der Waals surface area (Å²) in [5, 5.41) is 19.3. The number of hydrogen-bond donors (Lipinski definition) is 1. The van der Waals surface area contributed by atoms with Crippen LogP contribution in [0, 0.1) is 13.8 Å². The Morgan fingerprint density at radius 1 is 1.06 bits per heavy atom. The van der Waals surface area contributed by atoms with E-state index in [0.717, 1.165) is 11.3 Å². The van der Waals surface area contributed by atoms with Crippen LogP contribution in [0.25, 0.3) is 11.8 Å². The molecule has 31 heavy (non-hydrogen) atoms. The number of hydrogen-bond acceptors (Lipinski definition) is 4. The van der Waals surface area contributed by atoms with Crippen LogP contribution in [0.5, 0.6) is 0 Å². The zero-order chi connectivity index (χ0) is 22.3. The normalized spacial score (nSPS) is 15.0. The Hall–Kier alpha value is -3.71. The number of hydrazone groups is 1. The number of amides is 1. The van der Waals surface area contributed by atoms with Gasteiger partial charge in [-0.2, -0.15) is 15.2 Å². The first-order valence-corrected chi connectivity index (χ1v) is 9.89. The average Bonchev–Trinajstić information content (AvgIpc) is 3.30. The van der Waals surface area contributed by atoms with Crippen LogP contribution in [0.15, 0.2) is 59.5 Å². The zero-order valence-electron chi connectivity index (χ0n) is 17.1. The van der Waals surface area contributed by atoms with Crippen molar-refractivity contribution in [1.82, 2.24) is 9.78 Å². The molecule has 1 aliphatic rings. The predicted octanol–water partition coefficient (Wildman–Crippen LogP) is 4.65. The molecule has 0 fully saturated rings. The van der Waals surface area contributed by atoms with Crippen LogP contribution < -0.4 is 5.01 Å². The molecule has 8 heteroatoms. The number of nitrogens with zero attached hydrogens (tertiary/aromatic N) is 4. The minimum Gasteiger partial charge on any atom is -0.478 e. The minimum atomic E-state index is -1.17. The molecule has 1 aliphatic heterocycles. The van der Waals surface area contributed by atoms with Crippen LogP contribution in [-0.4, -0.2) is 32.5 Å². The number of carboxylic acid groups (broad SMARTS) is 1. The third-order valence-corrected chi connectivity index (χ3v) is 5.49. The lowest BCUT2D eigenvalue weighted by atomic mass is 10.1. The summed E-state index contributed by atoms with van der Waals surface area (Å²) in [4.78, 5) is 24.3. The molecule has 7 nitrogen and oxygen atoms in total. The number of carbonyl (C=O) groups excluding carboxylic acids is 1. The minimum absolute atomic E-state index is 0.0908. The highest BCUT2D eigenvalue weighted by atomic mass is 35.5. The molecule has 0 saturated carbocycles. The van der Waals surface area contributed by atoms with E-state index in [-0.39, 0.29) is 16.5 Å². The van der Waals surface area contributed by atoms with E-state index in [9.17, 15) is 14.7 Å². The molecule has 1 aromatic heterocycles. The van der Waals surface area contributed by atoms with Crippen molar-refractivity contribution in [3.8, 4) is 5.69 Å². The quantitative estimate of drug-likeness (QED) is 0.605. The number of aromatic carboxylic acids is 1. The molecular weight excluding hydrogens is 416 g/mol. The second kappa shape index (κ2) is 7.85. The molecule has 0 spiro atoms. The molecule has 4 rings (SSSR count). The molecule has 0 atom stereocenters. The number of rotatable bonds is 4. The van der Waals surface area contributed by atoms with Gasteiger partial charge in [-0.05, 0) is 68.3 Å². The fourth-order valence-corrected chi connectivity index (χ4v) is 3.45. The maximum absolute atomic E-state index is 13.0. The van der Waals surface area contributed by atoms with Crippen LogP contribution in [-0.2, 0) is 4.79 Å². The largest absolute Gasteiger partial charge is 0.478 e. The number of aromatic nitrogens is 2. The van der Waals surface area contributed by atoms with Crippen LogP contribution in [0.4, 0.5) is 5.69 Å². The van der Waals surface area contributed by atoms with Crippen molar-refractivity contribution in [2.24, 2.45) is 5.10 Å². The lowest BCUT2D eigenvalue weighted by molar-refractivity contribution is -0.114. The van der Waals surface area contributed by atoms with Gasteiger partial charge in [-0.3, -0.25) is 4.79 Å². The molecule has 0 unspecified atom stereocenters. The Morgan fingerprint density at radius 3 is 2.52 bits per heavy atom.